The minimum absolute atomic E-state index is 0.291. The van der Waals surface area contributed by atoms with E-state index in [9.17, 15) is 9.90 Å². The molecular formula is C11H27NO2SSi2. The van der Waals surface area contributed by atoms with Crippen molar-refractivity contribution in [2.75, 3.05) is 12.0 Å². The van der Waals surface area contributed by atoms with Gasteiger partial charge in [-0.1, -0.05) is 39.3 Å². The first-order chi connectivity index (χ1) is 7.51. The summed E-state index contributed by atoms with van der Waals surface area (Å²) in [6, 6.07) is -0.291. The van der Waals surface area contributed by atoms with Crippen LogP contribution in [0.25, 0.3) is 0 Å². The quantitative estimate of drug-likeness (QED) is 0.732. The highest BCUT2D eigenvalue weighted by Gasteiger charge is 2.41. The van der Waals surface area contributed by atoms with E-state index in [-0.39, 0.29) is 6.04 Å². The van der Waals surface area contributed by atoms with Crippen LogP contribution in [0.2, 0.25) is 39.3 Å². The van der Waals surface area contributed by atoms with Gasteiger partial charge in [-0.3, -0.25) is 4.79 Å². The number of thioether (sulfide) groups is 1. The van der Waals surface area contributed by atoms with E-state index in [1.807, 2.05) is 6.26 Å². The molecule has 0 fully saturated rings. The Bertz CT molecular complexity index is 247. The number of carboxylic acids is 1. The molecule has 0 heterocycles. The lowest BCUT2D eigenvalue weighted by Crippen LogP contribution is -2.65. The minimum atomic E-state index is -1.59. The standard InChI is InChI=1S/C11H27NO2SSi2/c1-15-9-8-10(11(13)14)12(16(2,3)4)17(5,6)7/h10H,8-9H2,1-7H3,(H,13,14)/t10-/m0/s1. The average Bonchev–Trinajstić information content (AvgIpc) is 2.06. The van der Waals surface area contributed by atoms with Gasteiger partial charge >= 0.3 is 5.97 Å². The molecule has 0 saturated heterocycles. The third kappa shape index (κ3) is 5.59. The fourth-order valence-electron chi connectivity index (χ4n) is 2.53. The zero-order valence-corrected chi connectivity index (χ0v) is 15.0. The fraction of sp³-hybridized carbons (Fsp3) is 0.909. The summed E-state index contributed by atoms with van der Waals surface area (Å²) in [5.74, 6) is 0.270. The van der Waals surface area contributed by atoms with Gasteiger partial charge in [0, 0.05) is 0 Å². The molecule has 102 valence electrons. The average molecular weight is 294 g/mol. The van der Waals surface area contributed by atoms with E-state index in [1.54, 1.807) is 11.8 Å². The van der Waals surface area contributed by atoms with Crippen LogP contribution in [0.3, 0.4) is 0 Å². The van der Waals surface area contributed by atoms with Gasteiger partial charge in [0.2, 0.25) is 0 Å². The first-order valence-electron chi connectivity index (χ1n) is 6.03. The van der Waals surface area contributed by atoms with E-state index in [4.69, 9.17) is 0 Å². The number of nitrogens with zero attached hydrogens (tertiary/aromatic N) is 1. The molecule has 0 aromatic heterocycles. The fourth-order valence-corrected chi connectivity index (χ4v) is 13.4. The van der Waals surface area contributed by atoms with E-state index in [0.29, 0.717) is 0 Å². The van der Waals surface area contributed by atoms with Gasteiger partial charge in [-0.25, -0.2) is 0 Å². The van der Waals surface area contributed by atoms with Crippen molar-refractivity contribution < 1.29 is 9.90 Å². The van der Waals surface area contributed by atoms with E-state index in [0.717, 1.165) is 12.2 Å². The molecule has 0 radical (unpaired) electrons. The molecule has 3 nitrogen and oxygen atoms in total. The van der Waals surface area contributed by atoms with E-state index in [2.05, 4.69) is 43.5 Å². The topological polar surface area (TPSA) is 40.5 Å². The van der Waals surface area contributed by atoms with Crippen LogP contribution in [-0.4, -0.2) is 49.8 Å². The molecule has 0 aliphatic heterocycles. The zero-order chi connectivity index (χ0) is 13.9. The highest BCUT2D eigenvalue weighted by atomic mass is 32.2. The molecule has 1 N–H and O–H groups in total. The van der Waals surface area contributed by atoms with Gasteiger partial charge in [0.1, 0.15) is 16.5 Å². The molecule has 6 heteroatoms. The van der Waals surface area contributed by atoms with E-state index < -0.39 is 22.4 Å². The van der Waals surface area contributed by atoms with Crippen molar-refractivity contribution in [2.45, 2.75) is 51.7 Å². The highest BCUT2D eigenvalue weighted by molar-refractivity contribution is 7.98. The monoisotopic (exact) mass is 293 g/mol. The first kappa shape index (κ1) is 17.2. The molecule has 0 aromatic carbocycles. The molecule has 0 spiro atoms. The molecule has 0 aliphatic rings. The Balaban J connectivity index is 5.17. The van der Waals surface area contributed by atoms with Crippen molar-refractivity contribution in [1.82, 2.24) is 4.23 Å². The second-order valence-corrected chi connectivity index (χ2v) is 17.4. The molecule has 0 aliphatic carbocycles. The van der Waals surface area contributed by atoms with Crippen LogP contribution < -0.4 is 0 Å². The summed E-state index contributed by atoms with van der Waals surface area (Å²) in [6.07, 6.45) is 2.79. The van der Waals surface area contributed by atoms with Crippen LogP contribution in [0.1, 0.15) is 6.42 Å². The Hall–Kier alpha value is 0.214. The summed E-state index contributed by atoms with van der Waals surface area (Å²) in [5.41, 5.74) is 0. The summed E-state index contributed by atoms with van der Waals surface area (Å²) in [5, 5.41) is 9.49. The number of hydrogen-bond donors (Lipinski definition) is 1. The normalized spacial score (nSPS) is 15.1. The number of rotatable bonds is 7. The lowest BCUT2D eigenvalue weighted by atomic mass is 10.2. The maximum absolute atomic E-state index is 11.5. The Morgan fingerprint density at radius 1 is 1.18 bits per heavy atom. The van der Waals surface area contributed by atoms with Crippen LogP contribution in [-0.2, 0) is 4.79 Å². The third-order valence-electron chi connectivity index (χ3n) is 2.64. The molecule has 0 amide bonds. The smallest absolute Gasteiger partial charge is 0.319 e. The predicted molar refractivity (Wildman–Crippen MR) is 83.0 cm³/mol. The van der Waals surface area contributed by atoms with Gasteiger partial charge < -0.3 is 9.34 Å². The van der Waals surface area contributed by atoms with E-state index >= 15 is 0 Å². The number of carboxylic acid groups (broad SMARTS) is 1. The molecule has 0 saturated carbocycles. The van der Waals surface area contributed by atoms with Crippen LogP contribution in [0.5, 0.6) is 0 Å². The van der Waals surface area contributed by atoms with Gasteiger partial charge in [-0.15, -0.1) is 0 Å². The predicted octanol–water partition coefficient (Wildman–Crippen LogP) is 3.16. The maximum Gasteiger partial charge on any atom is 0.319 e. The van der Waals surface area contributed by atoms with Crippen molar-refractivity contribution >= 4 is 34.2 Å². The molecule has 1 atom stereocenters. The van der Waals surface area contributed by atoms with Gasteiger partial charge in [0.15, 0.2) is 0 Å². The maximum atomic E-state index is 11.5. The molecular weight excluding hydrogens is 266 g/mol. The highest BCUT2D eigenvalue weighted by Crippen LogP contribution is 2.25. The molecule has 17 heavy (non-hydrogen) atoms. The zero-order valence-electron chi connectivity index (χ0n) is 12.2. The van der Waals surface area contributed by atoms with Crippen molar-refractivity contribution in [1.29, 1.82) is 0 Å². The lowest BCUT2D eigenvalue weighted by Gasteiger charge is -2.47. The molecule has 0 unspecified atom stereocenters. The summed E-state index contributed by atoms with van der Waals surface area (Å²) >= 11 is 1.73. The van der Waals surface area contributed by atoms with Gasteiger partial charge in [0.25, 0.3) is 0 Å². The minimum Gasteiger partial charge on any atom is -0.480 e. The van der Waals surface area contributed by atoms with Crippen LogP contribution >= 0.6 is 11.8 Å². The second-order valence-electron chi connectivity index (χ2n) is 6.35. The van der Waals surface area contributed by atoms with Crippen molar-refractivity contribution in [3.05, 3.63) is 0 Å². The van der Waals surface area contributed by atoms with Crippen molar-refractivity contribution in [3.63, 3.8) is 0 Å². The second kappa shape index (κ2) is 6.40. The molecule has 0 aromatic rings. The number of carbonyl (C=O) groups is 1. The summed E-state index contributed by atoms with van der Waals surface area (Å²) < 4.78 is 2.39. The Morgan fingerprint density at radius 3 is 1.82 bits per heavy atom. The lowest BCUT2D eigenvalue weighted by molar-refractivity contribution is -0.140. The Labute approximate surface area is 112 Å². The summed E-state index contributed by atoms with van der Waals surface area (Å²) in [6.45, 7) is 13.5. The SMILES string of the molecule is CSCC[C@@H](C(=O)O)N([Si](C)(C)C)[Si](C)(C)C. The Morgan fingerprint density at radius 2 is 1.59 bits per heavy atom. The largest absolute Gasteiger partial charge is 0.480 e. The van der Waals surface area contributed by atoms with Crippen LogP contribution in [0.4, 0.5) is 0 Å². The number of aliphatic carboxylic acids is 1. The van der Waals surface area contributed by atoms with Crippen LogP contribution in [0.15, 0.2) is 0 Å². The van der Waals surface area contributed by atoms with Gasteiger partial charge in [-0.05, 0) is 18.4 Å². The van der Waals surface area contributed by atoms with Crippen molar-refractivity contribution in [3.8, 4) is 0 Å². The third-order valence-corrected chi connectivity index (χ3v) is 10.8. The summed E-state index contributed by atoms with van der Waals surface area (Å²) in [4.78, 5) is 11.5. The summed E-state index contributed by atoms with van der Waals surface area (Å²) in [7, 11) is -3.19. The van der Waals surface area contributed by atoms with Crippen molar-refractivity contribution in [2.24, 2.45) is 0 Å². The molecule has 0 rings (SSSR count). The molecule has 0 bridgehead atoms. The van der Waals surface area contributed by atoms with Gasteiger partial charge in [-0.2, -0.15) is 11.8 Å². The van der Waals surface area contributed by atoms with Crippen LogP contribution in [0, 0.1) is 0 Å². The Kier molecular flexibility index (Phi) is 6.48. The first-order valence-corrected chi connectivity index (χ1v) is 14.3. The number of hydrogen-bond acceptors (Lipinski definition) is 3. The van der Waals surface area contributed by atoms with E-state index in [1.165, 1.54) is 0 Å². The van der Waals surface area contributed by atoms with Gasteiger partial charge in [0.05, 0.1) is 6.04 Å².